The Morgan fingerprint density at radius 3 is 2.10 bits per heavy atom. The van der Waals surface area contributed by atoms with Crippen molar-refractivity contribution in [2.75, 3.05) is 18.0 Å². The molecule has 1 N–H and O–H groups in total. The van der Waals surface area contributed by atoms with Crippen molar-refractivity contribution in [1.29, 1.82) is 0 Å². The summed E-state index contributed by atoms with van der Waals surface area (Å²) >= 11 is 6.48. The molecule has 5 aliphatic rings. The quantitative estimate of drug-likeness (QED) is 0.117. The van der Waals surface area contributed by atoms with Crippen molar-refractivity contribution in [3.05, 3.63) is 172 Å². The summed E-state index contributed by atoms with van der Waals surface area (Å²) in [4.78, 5) is 65.4. The third-order valence-corrected chi connectivity index (χ3v) is 14.2. The number of rotatable bonds is 9. The summed E-state index contributed by atoms with van der Waals surface area (Å²) in [6.45, 7) is 2.63. The molecule has 6 atom stereocenters. The molecule has 3 saturated heterocycles. The Morgan fingerprint density at radius 1 is 0.721 bits per heavy atom. The molecular weight excluding hydrogens is 786 g/mol. The number of halogens is 1. The lowest BCUT2D eigenvalue weighted by Gasteiger charge is -2.50. The van der Waals surface area contributed by atoms with E-state index in [2.05, 4.69) is 17.0 Å². The number of phenolic OH excluding ortho intramolecular Hbond substituents is 1. The predicted octanol–water partition coefficient (Wildman–Crippen LogP) is 8.45. The number of carbonyl (C=O) groups excluding carboxylic acids is 4. The van der Waals surface area contributed by atoms with Gasteiger partial charge < -0.3 is 9.84 Å². The van der Waals surface area contributed by atoms with Crippen LogP contribution in [0.15, 0.2) is 145 Å². The smallest absolute Gasteiger partial charge is 0.246 e. The van der Waals surface area contributed by atoms with Gasteiger partial charge in [-0.2, -0.15) is 0 Å². The molecule has 61 heavy (non-hydrogen) atoms. The molecule has 3 aliphatic heterocycles. The number of anilines is 1. The number of hydrogen-bond donors (Lipinski definition) is 1. The first-order valence-corrected chi connectivity index (χ1v) is 21.6. The van der Waals surface area contributed by atoms with Gasteiger partial charge in [-0.1, -0.05) is 126 Å². The van der Waals surface area contributed by atoms with Gasteiger partial charge in [0.2, 0.25) is 23.6 Å². The second kappa shape index (κ2) is 15.8. The number of hydrogen-bond acceptors (Lipinski definition) is 7. The molecule has 10 heteroatoms. The van der Waals surface area contributed by atoms with Crippen LogP contribution in [0, 0.1) is 23.7 Å². The monoisotopic (exact) mass is 831 g/mol. The zero-order valence-corrected chi connectivity index (χ0v) is 34.4. The first kappa shape index (κ1) is 39.1. The summed E-state index contributed by atoms with van der Waals surface area (Å²) in [5.41, 5.74) is 2.92. The number of piperidine rings is 1. The maximum atomic E-state index is 15.6. The number of aromatic hydroxyl groups is 1. The van der Waals surface area contributed by atoms with Crippen LogP contribution < -0.4 is 9.64 Å². The van der Waals surface area contributed by atoms with Gasteiger partial charge in [-0.15, -0.1) is 0 Å². The van der Waals surface area contributed by atoms with Crippen molar-refractivity contribution < 1.29 is 29.0 Å². The zero-order chi connectivity index (χ0) is 41.8. The summed E-state index contributed by atoms with van der Waals surface area (Å²) in [7, 11) is 0. The van der Waals surface area contributed by atoms with Gasteiger partial charge in [0.25, 0.3) is 0 Å². The zero-order valence-electron chi connectivity index (χ0n) is 33.6. The lowest BCUT2D eigenvalue weighted by molar-refractivity contribution is -0.144. The van der Waals surface area contributed by atoms with E-state index >= 15 is 9.59 Å². The third-order valence-electron chi connectivity index (χ3n) is 13.9. The number of carbonyl (C=O) groups is 4. The van der Waals surface area contributed by atoms with E-state index in [1.807, 2.05) is 84.9 Å². The molecule has 0 aromatic heterocycles. The normalized spacial score (nSPS) is 26.5. The molecular formula is C51H46ClN3O6. The van der Waals surface area contributed by atoms with E-state index in [0.717, 1.165) is 30.8 Å². The van der Waals surface area contributed by atoms with Crippen molar-refractivity contribution in [2.45, 2.75) is 56.2 Å². The number of ether oxygens (including phenoxy) is 1. The Morgan fingerprint density at radius 2 is 1.41 bits per heavy atom. The van der Waals surface area contributed by atoms with Gasteiger partial charge in [0, 0.05) is 48.2 Å². The minimum Gasteiger partial charge on any atom is -0.508 e. The van der Waals surface area contributed by atoms with Gasteiger partial charge in [0.15, 0.2) is 0 Å². The van der Waals surface area contributed by atoms with Gasteiger partial charge in [-0.05, 0) is 72.6 Å². The van der Waals surface area contributed by atoms with Crippen molar-refractivity contribution in [3.8, 4) is 11.5 Å². The Kier molecular flexibility index (Phi) is 10.1. The van der Waals surface area contributed by atoms with E-state index in [1.165, 1.54) is 10.5 Å². The molecule has 10 rings (SSSR count). The van der Waals surface area contributed by atoms with Gasteiger partial charge in [0.1, 0.15) is 18.1 Å². The summed E-state index contributed by atoms with van der Waals surface area (Å²) in [5, 5.41) is 12.5. The van der Waals surface area contributed by atoms with Crippen LogP contribution in [0.1, 0.15) is 53.9 Å². The van der Waals surface area contributed by atoms with Crippen LogP contribution in [0.5, 0.6) is 11.5 Å². The summed E-state index contributed by atoms with van der Waals surface area (Å²) < 4.78 is 6.12. The Labute approximate surface area is 360 Å². The van der Waals surface area contributed by atoms with Gasteiger partial charge in [-0.3, -0.25) is 29.0 Å². The molecule has 0 radical (unpaired) electrons. The topological polar surface area (TPSA) is 107 Å². The number of phenols is 1. The molecule has 5 aromatic carbocycles. The van der Waals surface area contributed by atoms with Crippen molar-refractivity contribution in [1.82, 2.24) is 9.80 Å². The number of fused-ring (bicyclic) bond motifs is 4. The molecule has 3 heterocycles. The molecule has 9 nitrogen and oxygen atoms in total. The second-order valence-electron chi connectivity index (χ2n) is 17.1. The predicted molar refractivity (Wildman–Crippen MR) is 232 cm³/mol. The van der Waals surface area contributed by atoms with E-state index < -0.39 is 46.8 Å². The molecule has 5 aromatic rings. The van der Waals surface area contributed by atoms with Crippen LogP contribution in [-0.4, -0.2) is 57.7 Å². The standard InChI is InChI=1S/C51H46ClN3O6/c52-35-17-10-18-37(27-35)55-48(58)43-29-42-39(21-22-41-45(42)49(59)54(47(41)57)36-23-25-53(26-24-36)30-32-11-4-1-5-12-32)46(51(43,50(55)60)34-15-8-3-9-16-34)40-20-19-38(28-44(40)56)61-31-33-13-6-2-7-14-33/h1-21,27-28,36,41-43,45-46,56H,22-26,29-31H2. The maximum Gasteiger partial charge on any atom is 0.246 e. The number of likely N-dealkylation sites (tertiary alicyclic amines) is 2. The number of benzene rings is 5. The van der Waals surface area contributed by atoms with Crippen molar-refractivity contribution in [2.24, 2.45) is 23.7 Å². The van der Waals surface area contributed by atoms with Crippen LogP contribution in [0.2, 0.25) is 5.02 Å². The second-order valence-corrected chi connectivity index (χ2v) is 17.6. The Balaban J connectivity index is 1.05. The SMILES string of the molecule is O=C1C2CC3C(=CCC4C(=O)N(C5CCN(Cc6ccccc6)CC5)C(=O)C43)C(c3ccc(OCc4ccccc4)cc3O)C2(c2ccccc2)C(=O)N1c1cccc(Cl)c1. The molecule has 6 unspecified atom stereocenters. The molecule has 0 bridgehead atoms. The molecule has 1 saturated carbocycles. The molecule has 0 spiro atoms. The van der Waals surface area contributed by atoms with E-state index in [0.29, 0.717) is 46.8 Å². The van der Waals surface area contributed by atoms with Crippen molar-refractivity contribution >= 4 is 40.9 Å². The number of imide groups is 2. The summed E-state index contributed by atoms with van der Waals surface area (Å²) in [5.74, 6) is -4.43. The fourth-order valence-corrected chi connectivity index (χ4v) is 11.4. The van der Waals surface area contributed by atoms with E-state index in [4.69, 9.17) is 16.3 Å². The van der Waals surface area contributed by atoms with Crippen LogP contribution in [-0.2, 0) is 37.7 Å². The lowest BCUT2D eigenvalue weighted by atomic mass is 9.49. The highest BCUT2D eigenvalue weighted by atomic mass is 35.5. The fourth-order valence-electron chi connectivity index (χ4n) is 11.2. The molecule has 4 fully saturated rings. The minimum atomic E-state index is -1.50. The number of allylic oxidation sites excluding steroid dienone is 2. The Bertz CT molecular complexity index is 2540. The third kappa shape index (κ3) is 6.57. The molecule has 308 valence electrons. The minimum absolute atomic E-state index is 0.0903. The Hall–Kier alpha value is -6.03. The van der Waals surface area contributed by atoms with Crippen molar-refractivity contribution in [3.63, 3.8) is 0 Å². The lowest BCUT2D eigenvalue weighted by Crippen LogP contribution is -2.53. The fraction of sp³-hybridized carbons (Fsp3) is 0.294. The van der Waals surface area contributed by atoms with Crippen LogP contribution >= 0.6 is 11.6 Å². The van der Waals surface area contributed by atoms with Crippen LogP contribution in [0.25, 0.3) is 0 Å². The average Bonchev–Trinajstić information content (AvgIpc) is 3.68. The molecule has 2 aliphatic carbocycles. The van der Waals surface area contributed by atoms with E-state index in [1.54, 1.807) is 47.4 Å². The van der Waals surface area contributed by atoms with E-state index in [-0.39, 0.29) is 36.6 Å². The van der Waals surface area contributed by atoms with Gasteiger partial charge in [-0.25, -0.2) is 4.90 Å². The number of amides is 4. The summed E-state index contributed by atoms with van der Waals surface area (Å²) in [6, 6.07) is 41.0. The summed E-state index contributed by atoms with van der Waals surface area (Å²) in [6.07, 6.45) is 3.90. The first-order valence-electron chi connectivity index (χ1n) is 21.3. The number of nitrogens with zero attached hydrogens (tertiary/aromatic N) is 3. The highest BCUT2D eigenvalue weighted by Gasteiger charge is 2.70. The van der Waals surface area contributed by atoms with Crippen LogP contribution in [0.4, 0.5) is 5.69 Å². The van der Waals surface area contributed by atoms with E-state index in [9.17, 15) is 14.7 Å². The maximum absolute atomic E-state index is 15.6. The average molecular weight is 832 g/mol. The van der Waals surface area contributed by atoms with Gasteiger partial charge >= 0.3 is 0 Å². The highest BCUT2D eigenvalue weighted by Crippen LogP contribution is 2.65. The largest absolute Gasteiger partial charge is 0.508 e. The molecule has 4 amide bonds. The van der Waals surface area contributed by atoms with Crippen LogP contribution in [0.3, 0.4) is 0 Å². The first-order chi connectivity index (χ1) is 29.7. The van der Waals surface area contributed by atoms with Gasteiger partial charge in [0.05, 0.1) is 28.9 Å². The highest BCUT2D eigenvalue weighted by molar-refractivity contribution is 6.32.